The van der Waals surface area contributed by atoms with Gasteiger partial charge in [0.1, 0.15) is 5.82 Å². The van der Waals surface area contributed by atoms with Gasteiger partial charge in [0.05, 0.1) is 40.7 Å². The monoisotopic (exact) mass is 542 g/mol. The van der Waals surface area contributed by atoms with Crippen LogP contribution >= 0.6 is 11.3 Å². The predicted octanol–water partition coefficient (Wildman–Crippen LogP) is 5.29. The van der Waals surface area contributed by atoms with Gasteiger partial charge in [-0.25, -0.2) is 17.8 Å². The summed E-state index contributed by atoms with van der Waals surface area (Å²) in [4.78, 5) is 25.3. The topological polar surface area (TPSA) is 92.3 Å². The van der Waals surface area contributed by atoms with Gasteiger partial charge in [-0.15, -0.1) is 11.3 Å². The number of pyridine rings is 1. The highest BCUT2D eigenvalue weighted by Crippen LogP contribution is 2.41. The van der Waals surface area contributed by atoms with Crippen LogP contribution in [0.2, 0.25) is 0 Å². The maximum absolute atomic E-state index is 13.2. The van der Waals surface area contributed by atoms with Gasteiger partial charge in [-0.05, 0) is 48.6 Å². The van der Waals surface area contributed by atoms with Crippen LogP contribution in [-0.2, 0) is 34.1 Å². The number of carbonyl (C=O) groups excluding carboxylic acids is 1. The number of halogens is 1. The van der Waals surface area contributed by atoms with Crippen LogP contribution in [0.3, 0.4) is 0 Å². The Morgan fingerprint density at radius 1 is 1.19 bits per heavy atom. The Morgan fingerprint density at radius 3 is 2.62 bits per heavy atom. The molecule has 1 amide bonds. The summed E-state index contributed by atoms with van der Waals surface area (Å²) in [6.45, 7) is 3.41. The van der Waals surface area contributed by atoms with Gasteiger partial charge in [0, 0.05) is 18.0 Å². The second kappa shape index (κ2) is 11.0. The van der Waals surface area contributed by atoms with E-state index in [0.29, 0.717) is 29.0 Å². The number of hydrogen-bond donors (Lipinski definition) is 1. The molecule has 196 valence electrons. The highest BCUT2D eigenvalue weighted by Gasteiger charge is 2.33. The average Bonchev–Trinajstić information content (AvgIpc) is 3.36. The zero-order valence-corrected chi connectivity index (χ0v) is 22.5. The second-order valence-electron chi connectivity index (χ2n) is 9.90. The number of aromatic nitrogens is 2. The van der Waals surface area contributed by atoms with Gasteiger partial charge in [0.25, 0.3) is 0 Å². The number of hydrogen-bond acceptors (Lipinski definition) is 7. The Hall–Kier alpha value is -2.69. The van der Waals surface area contributed by atoms with Gasteiger partial charge in [0.2, 0.25) is 5.91 Å². The van der Waals surface area contributed by atoms with Crippen molar-refractivity contribution in [3.05, 3.63) is 70.2 Å². The van der Waals surface area contributed by atoms with E-state index in [-0.39, 0.29) is 29.9 Å². The molecular weight excluding hydrogens is 511 g/mol. The smallest absolute Gasteiger partial charge is 0.230 e. The lowest BCUT2D eigenvalue weighted by molar-refractivity contribution is -0.115. The molecule has 3 aromatic rings. The minimum absolute atomic E-state index is 0.113. The fourth-order valence-electron chi connectivity index (χ4n) is 4.97. The summed E-state index contributed by atoms with van der Waals surface area (Å²) in [5.74, 6) is 0.197. The van der Waals surface area contributed by atoms with Gasteiger partial charge in [-0.2, -0.15) is 0 Å². The minimum atomic E-state index is -3.29. The molecule has 1 N–H and O–H groups in total. The molecule has 37 heavy (non-hydrogen) atoms. The largest absolute Gasteiger partial charge is 0.302 e. The number of anilines is 1. The van der Waals surface area contributed by atoms with Gasteiger partial charge in [-0.1, -0.05) is 38.3 Å². The van der Waals surface area contributed by atoms with E-state index in [0.717, 1.165) is 47.5 Å². The van der Waals surface area contributed by atoms with E-state index in [4.69, 9.17) is 4.98 Å². The molecule has 5 rings (SSSR count). The van der Waals surface area contributed by atoms with E-state index in [9.17, 15) is 17.6 Å². The third-order valence-electron chi connectivity index (χ3n) is 7.28. The molecule has 7 nitrogen and oxygen atoms in total. The summed E-state index contributed by atoms with van der Waals surface area (Å²) in [5, 5.41) is 3.48. The molecular formula is C27H31FN4O3S2. The molecule has 0 unspecified atom stereocenters. The number of sulfone groups is 1. The lowest BCUT2D eigenvalue weighted by Gasteiger charge is -2.24. The molecule has 3 heterocycles. The predicted molar refractivity (Wildman–Crippen MR) is 141 cm³/mol. The van der Waals surface area contributed by atoms with Crippen LogP contribution in [-0.4, -0.2) is 34.9 Å². The van der Waals surface area contributed by atoms with E-state index < -0.39 is 9.84 Å². The number of fused-ring (bicyclic) bond motifs is 1. The van der Waals surface area contributed by atoms with Crippen LogP contribution in [0.4, 0.5) is 9.52 Å². The van der Waals surface area contributed by atoms with E-state index in [2.05, 4.69) is 22.1 Å². The molecule has 10 heteroatoms. The zero-order valence-electron chi connectivity index (χ0n) is 20.8. The van der Waals surface area contributed by atoms with Crippen molar-refractivity contribution in [2.45, 2.75) is 69.5 Å². The SMILES string of the molecule is CC[C@@H]1c2nc(NC(=O)Cc3ccc(S(=O)(=O)CCC4CCC4)cc3)sc2CN1Cc1ccc(F)cn1. The average molecular weight is 543 g/mol. The summed E-state index contributed by atoms with van der Waals surface area (Å²) >= 11 is 1.47. The first-order valence-electron chi connectivity index (χ1n) is 12.8. The van der Waals surface area contributed by atoms with Crippen molar-refractivity contribution >= 4 is 32.2 Å². The summed E-state index contributed by atoms with van der Waals surface area (Å²) in [6.07, 6.45) is 6.44. The molecule has 0 spiro atoms. The van der Waals surface area contributed by atoms with Crippen LogP contribution in [0, 0.1) is 11.7 Å². The third-order valence-corrected chi connectivity index (χ3v) is 10.0. The van der Waals surface area contributed by atoms with E-state index in [1.807, 2.05) is 0 Å². The van der Waals surface area contributed by atoms with Crippen molar-refractivity contribution in [3.63, 3.8) is 0 Å². The quantitative estimate of drug-likeness (QED) is 0.374. The van der Waals surface area contributed by atoms with Crippen LogP contribution in [0.1, 0.15) is 66.9 Å². The molecule has 0 radical (unpaired) electrons. The fraction of sp³-hybridized carbons (Fsp3) is 0.444. The minimum Gasteiger partial charge on any atom is -0.302 e. The number of thiazole rings is 1. The van der Waals surface area contributed by atoms with Crippen molar-refractivity contribution in [2.24, 2.45) is 5.92 Å². The summed E-state index contributed by atoms with van der Waals surface area (Å²) in [5.41, 5.74) is 2.53. The molecule has 2 aromatic heterocycles. The third kappa shape index (κ3) is 6.08. The van der Waals surface area contributed by atoms with Crippen LogP contribution in [0.25, 0.3) is 0 Å². The van der Waals surface area contributed by atoms with Gasteiger partial charge >= 0.3 is 0 Å². The fourth-order valence-corrected chi connectivity index (χ4v) is 7.46. The number of nitrogens with zero attached hydrogens (tertiary/aromatic N) is 3. The molecule has 0 saturated heterocycles. The number of rotatable bonds is 10. The molecule has 1 atom stereocenters. The van der Waals surface area contributed by atoms with Crippen molar-refractivity contribution < 1.29 is 17.6 Å². The molecule has 1 aliphatic heterocycles. The highest BCUT2D eigenvalue weighted by molar-refractivity contribution is 7.91. The Bertz CT molecular complexity index is 1350. The number of benzene rings is 1. The highest BCUT2D eigenvalue weighted by atomic mass is 32.2. The van der Waals surface area contributed by atoms with Crippen LogP contribution < -0.4 is 5.32 Å². The Morgan fingerprint density at radius 2 is 1.97 bits per heavy atom. The van der Waals surface area contributed by atoms with E-state index in [1.54, 1.807) is 30.3 Å². The van der Waals surface area contributed by atoms with Crippen molar-refractivity contribution in [1.29, 1.82) is 0 Å². The molecule has 2 aliphatic rings. The Labute approximate surface area is 221 Å². The summed E-state index contributed by atoms with van der Waals surface area (Å²) < 4.78 is 38.4. The maximum atomic E-state index is 13.2. The second-order valence-corrected chi connectivity index (χ2v) is 13.1. The van der Waals surface area contributed by atoms with Crippen LogP contribution in [0.15, 0.2) is 47.5 Å². The summed E-state index contributed by atoms with van der Waals surface area (Å²) in [7, 11) is -3.29. The zero-order chi connectivity index (χ0) is 26.0. The van der Waals surface area contributed by atoms with Gasteiger partial charge < -0.3 is 5.32 Å². The molecule has 1 aliphatic carbocycles. The number of nitrogens with one attached hydrogen (secondary N) is 1. The van der Waals surface area contributed by atoms with Crippen molar-refractivity contribution in [2.75, 3.05) is 11.1 Å². The van der Waals surface area contributed by atoms with Crippen LogP contribution in [0.5, 0.6) is 0 Å². The molecule has 0 bridgehead atoms. The standard InChI is InChI=1S/C27H31FN4O3S2/c1-2-23-26-24(17-32(23)16-21-9-8-20(28)15-29-21)36-27(31-26)30-25(33)14-19-6-10-22(11-7-19)37(34,35)13-12-18-4-3-5-18/h6-11,15,18,23H,2-5,12-14,16-17H2,1H3,(H,30,31,33)/t23-/m1/s1. The van der Waals surface area contributed by atoms with Crippen molar-refractivity contribution in [1.82, 2.24) is 14.9 Å². The molecule has 1 saturated carbocycles. The molecule has 1 aromatic carbocycles. The lowest BCUT2D eigenvalue weighted by atomic mass is 9.84. The lowest BCUT2D eigenvalue weighted by Crippen LogP contribution is -2.22. The molecule has 1 fully saturated rings. The Balaban J connectivity index is 1.16. The van der Waals surface area contributed by atoms with E-state index in [1.165, 1.54) is 30.0 Å². The van der Waals surface area contributed by atoms with E-state index >= 15 is 0 Å². The van der Waals surface area contributed by atoms with Gasteiger partial charge in [0.15, 0.2) is 15.0 Å². The first-order valence-corrected chi connectivity index (χ1v) is 15.2. The normalized spacial score (nSPS) is 17.9. The number of amides is 1. The Kier molecular flexibility index (Phi) is 7.69. The number of carbonyl (C=O) groups is 1. The van der Waals surface area contributed by atoms with Crippen molar-refractivity contribution in [3.8, 4) is 0 Å². The summed E-state index contributed by atoms with van der Waals surface area (Å²) in [6, 6.07) is 9.87. The first-order chi connectivity index (χ1) is 17.8. The maximum Gasteiger partial charge on any atom is 0.230 e. The van der Waals surface area contributed by atoms with Gasteiger partial charge in [-0.3, -0.25) is 14.7 Å². The first kappa shape index (κ1) is 25.9.